The number of Topliss-reactive ketones (excluding diaryl/α,β-unsaturated/α-hetero) is 1. The fraction of sp³-hybridized carbons (Fsp3) is 0.643. The van der Waals surface area contributed by atoms with Crippen molar-refractivity contribution >= 4 is 95.8 Å². The number of hydroxylamine groups is 2. The van der Waals surface area contributed by atoms with Crippen LogP contribution in [0.5, 0.6) is 29.4 Å². The number of hydrogen-bond donors (Lipinski definition) is 1. The Labute approximate surface area is 640 Å². The zero-order valence-corrected chi connectivity index (χ0v) is 72.4. The van der Waals surface area contributed by atoms with Crippen molar-refractivity contribution in [1.82, 2.24) is 30.8 Å². The summed E-state index contributed by atoms with van der Waals surface area (Å²) in [7, 11) is -1.19. The summed E-state index contributed by atoms with van der Waals surface area (Å²) in [5.41, 5.74) is 0. The van der Waals surface area contributed by atoms with E-state index < -0.39 is 58.3 Å². The number of halogens is 1. The van der Waals surface area contributed by atoms with Crippen molar-refractivity contribution in [2.24, 2.45) is 0 Å². The molecule has 5 rings (SSSR count). The van der Waals surface area contributed by atoms with Crippen molar-refractivity contribution in [2.75, 3.05) is 88.3 Å². The van der Waals surface area contributed by atoms with Crippen LogP contribution < -0.4 is 99.8 Å². The Hall–Kier alpha value is -2.59. The van der Waals surface area contributed by atoms with Gasteiger partial charge < -0.3 is 116 Å². The molecule has 39 heteroatoms. The molecular formula is C56H102BBrMgN6Na2O23Si5-. The monoisotopic (exact) mass is 1530 g/mol. The first-order valence-electron chi connectivity index (χ1n) is 28.4. The van der Waals surface area contributed by atoms with Gasteiger partial charge in [-0.1, -0.05) is 109 Å². The van der Waals surface area contributed by atoms with Gasteiger partial charge in [0, 0.05) is 114 Å². The van der Waals surface area contributed by atoms with Gasteiger partial charge in [-0.3, -0.25) is 14.4 Å². The largest absolute Gasteiger partial charge is 2.00 e. The van der Waals surface area contributed by atoms with Crippen molar-refractivity contribution in [3.63, 3.8) is 0 Å². The van der Waals surface area contributed by atoms with E-state index in [1.807, 2.05) is 0 Å². The number of ketones is 1. The number of aliphatic hydroxyl groups is 1. The van der Waals surface area contributed by atoms with E-state index in [0.717, 1.165) is 35.3 Å². The fourth-order valence-corrected chi connectivity index (χ4v) is 9.07. The summed E-state index contributed by atoms with van der Waals surface area (Å²) >= 11 is 0. The Morgan fingerprint density at radius 2 is 0.811 bits per heavy atom. The maximum absolute atomic E-state index is 11.7. The molecule has 0 aliphatic heterocycles. The Balaban J connectivity index is -0.000000165. The van der Waals surface area contributed by atoms with Gasteiger partial charge in [-0.2, -0.15) is 0 Å². The number of ether oxygens (including phenoxy) is 11. The molecule has 1 atom stereocenters. The standard InChI is InChI=1S/C12H22N2O5Si.C11H19NO5Si.C11H21NO4Si.C11H19NO4Si.C10H16NO4Si.CH3.B.BrH.Mg.2Na.H2O.H/c1-14(16-2)12(15)10-8-11(13-19-10)18-9-17-6-7-20(3,4)5;1-14-11(13)9-7-10(12-17-9)16-8-15-5-6-18(2,3)4;2*1-9(13)10-7-11(12-16-10)15-8-14-5-6-17(2,3)4;1-16(2,3)5-4-13-8-14-10-6-9(7-12)15-11-10;;;;;;;;/h8H,6-7,9H2,1-5H3;7H,5-6,8H2,1-4H3;7,9,13H,5-6,8H2,1-4H3;7H,5-6,8H2,1-4H3;6H,4-5,8H2,1-3H3;1H3;;1H;;;;1H2;/q;;;;2*-1;;;+2;2*+1;;-1/p-2. The molecule has 0 aromatic carbocycles. The predicted molar refractivity (Wildman–Crippen MR) is 357 cm³/mol. The summed E-state index contributed by atoms with van der Waals surface area (Å²) in [4.78, 5) is 48.6. The van der Waals surface area contributed by atoms with Crippen molar-refractivity contribution in [3.8, 4) is 29.4 Å². The second kappa shape index (κ2) is 56.1. The molecule has 529 valence electrons. The van der Waals surface area contributed by atoms with Crippen molar-refractivity contribution < 1.29 is 187 Å². The third-order valence-electron chi connectivity index (χ3n) is 10.9. The molecule has 5 heterocycles. The number of carbonyl (C=O) groups excluding carboxylic acids is 4. The van der Waals surface area contributed by atoms with Crippen LogP contribution in [0.2, 0.25) is 128 Å². The topological polar surface area (TPSA) is 363 Å². The molecule has 2 N–H and O–H groups in total. The zero-order valence-electron chi connectivity index (χ0n) is 61.4. The van der Waals surface area contributed by atoms with Crippen LogP contribution in [0.4, 0.5) is 0 Å². The van der Waals surface area contributed by atoms with Crippen LogP contribution in [0.1, 0.15) is 64.6 Å². The van der Waals surface area contributed by atoms with E-state index >= 15 is 0 Å². The fourth-order valence-electron chi connectivity index (χ4n) is 5.29. The normalized spacial score (nSPS) is 11.0. The first kappa shape index (κ1) is 106. The molecule has 1 amide bonds. The molecule has 95 heavy (non-hydrogen) atoms. The van der Waals surface area contributed by atoms with Crippen molar-refractivity contribution in [1.29, 1.82) is 0 Å². The van der Waals surface area contributed by atoms with E-state index in [9.17, 15) is 24.3 Å². The minimum absolute atomic E-state index is 0. The SMILES string of the molecule is CC(=O)c1cc(OCOCC[Si](C)(C)C)no1.CC(O)c1cc(OCOCC[Si](C)(C)C)no1.COC(=O)c1cc(OCOCC[Si](C)(C)C)no1.CON(C)C(=O)c1cc(OCOCC[Si](C)(C)C)no1.C[Si](C)(C)CCOCOc1cc([C-]=O)on1.[B].[Br-].[CH3-].[H-].[Mg+2].[Na+].[Na+].[OH-]. The Bertz CT molecular complexity index is 2730. The van der Waals surface area contributed by atoms with Crippen molar-refractivity contribution in [3.05, 3.63) is 66.6 Å². The van der Waals surface area contributed by atoms with Crippen LogP contribution in [0.15, 0.2) is 52.9 Å². The van der Waals surface area contributed by atoms with Crippen LogP contribution >= 0.6 is 0 Å². The number of hydrogen-bond acceptors (Lipinski definition) is 28. The summed E-state index contributed by atoms with van der Waals surface area (Å²) in [5.74, 6) is 0.763. The number of nitrogens with zero attached hydrogens (tertiary/aromatic N) is 6. The maximum Gasteiger partial charge on any atom is 2.00 e. The van der Waals surface area contributed by atoms with Crippen LogP contribution in [0, 0.1) is 7.43 Å². The van der Waals surface area contributed by atoms with Gasteiger partial charge in [0.2, 0.25) is 17.3 Å². The van der Waals surface area contributed by atoms with Crippen molar-refractivity contribution in [2.45, 2.75) is 148 Å². The maximum atomic E-state index is 11.7. The van der Waals surface area contributed by atoms with Gasteiger partial charge in [-0.25, -0.2) is 9.86 Å². The Kier molecular flexibility index (Phi) is 62.5. The van der Waals surface area contributed by atoms with E-state index in [-0.39, 0.29) is 208 Å². The number of carbonyl (C=O) groups is 3. The summed E-state index contributed by atoms with van der Waals surface area (Å²) in [5, 5.41) is 28.2. The molecule has 0 bridgehead atoms. The summed E-state index contributed by atoms with van der Waals surface area (Å²) in [6, 6.07) is 12.6. The predicted octanol–water partition coefficient (Wildman–Crippen LogP) is 1.60. The van der Waals surface area contributed by atoms with Crippen LogP contribution in [0.3, 0.4) is 0 Å². The molecule has 3 radical (unpaired) electrons. The van der Waals surface area contributed by atoms with Gasteiger partial charge in [-0.05, 0) is 57.8 Å². The van der Waals surface area contributed by atoms with Gasteiger partial charge in [0.25, 0.3) is 23.5 Å². The smallest absolute Gasteiger partial charge is 1.00 e. The third-order valence-corrected chi connectivity index (χ3v) is 19.4. The van der Waals surface area contributed by atoms with Gasteiger partial charge in [0.1, 0.15) is 6.10 Å². The zero-order chi connectivity index (χ0) is 66.6. The second-order valence-electron chi connectivity index (χ2n) is 25.4. The molecule has 29 nitrogen and oxygen atoms in total. The quantitative estimate of drug-likeness (QED) is 0.0113. The van der Waals surface area contributed by atoms with Crippen LogP contribution in [0.25, 0.3) is 0 Å². The van der Waals surface area contributed by atoms with Gasteiger partial charge in [0.05, 0.1) is 32.4 Å². The minimum Gasteiger partial charge on any atom is -1.00 e. The Morgan fingerprint density at radius 3 is 1.08 bits per heavy atom. The molecule has 0 aliphatic rings. The minimum atomic E-state index is -1.09. The molecule has 0 spiro atoms. The number of aliphatic hydroxyl groups excluding tert-OH is 1. The molecule has 1 unspecified atom stereocenters. The summed E-state index contributed by atoms with van der Waals surface area (Å²) < 4.78 is 80.9. The van der Waals surface area contributed by atoms with Gasteiger partial charge >= 0.3 is 94.0 Å². The number of esters is 1. The van der Waals surface area contributed by atoms with Crippen LogP contribution in [-0.4, -0.2) is 225 Å². The second-order valence-corrected chi connectivity index (χ2v) is 53.5. The molecule has 5 aromatic heterocycles. The van der Waals surface area contributed by atoms with Crippen LogP contribution in [-0.2, 0) is 38.1 Å². The first-order chi connectivity index (χ1) is 41.0. The average molecular weight is 1530 g/mol. The van der Waals surface area contributed by atoms with E-state index in [0.29, 0.717) is 44.7 Å². The van der Waals surface area contributed by atoms with E-state index in [2.05, 4.69) is 133 Å². The molecular weight excluding hydrogens is 1430 g/mol. The van der Waals surface area contributed by atoms with Gasteiger partial charge in [-0.15, -0.1) is 0 Å². The summed E-state index contributed by atoms with van der Waals surface area (Å²) in [6.45, 7) is 41.2. The number of amides is 1. The first-order valence-corrected chi connectivity index (χ1v) is 46.9. The van der Waals surface area contributed by atoms with Gasteiger partial charge in [0.15, 0.2) is 51.4 Å². The molecule has 5 aromatic rings. The van der Waals surface area contributed by atoms with E-state index in [1.165, 1.54) is 52.5 Å². The van der Waals surface area contributed by atoms with E-state index in [4.69, 9.17) is 70.3 Å². The number of rotatable bonds is 36. The third kappa shape index (κ3) is 56.8. The number of methoxy groups -OCH3 is 1. The molecule has 0 saturated carbocycles. The summed E-state index contributed by atoms with van der Waals surface area (Å²) in [6.07, 6.45) is 0.901. The molecule has 0 aliphatic carbocycles. The number of aromatic nitrogens is 5. The average Bonchev–Trinajstić information content (AvgIpc) is 1.89. The Morgan fingerprint density at radius 1 is 0.526 bits per heavy atom. The molecule has 0 saturated heterocycles. The molecule has 0 fully saturated rings. The van der Waals surface area contributed by atoms with E-state index in [1.54, 1.807) is 19.3 Å².